The third-order valence-electron chi connectivity index (χ3n) is 6.67. The highest BCUT2D eigenvalue weighted by Crippen LogP contribution is 2.34. The molecule has 1 fully saturated rings. The van der Waals surface area contributed by atoms with Crippen molar-refractivity contribution in [3.05, 3.63) is 84.2 Å². The molecule has 2 heterocycles. The summed E-state index contributed by atoms with van der Waals surface area (Å²) in [4.78, 5) is 19.7. The maximum atomic E-state index is 14.1. The van der Waals surface area contributed by atoms with Gasteiger partial charge in [0.1, 0.15) is 17.4 Å². The van der Waals surface area contributed by atoms with Gasteiger partial charge in [0.25, 0.3) is 0 Å². The fourth-order valence-electron chi connectivity index (χ4n) is 4.91. The van der Waals surface area contributed by atoms with Crippen LogP contribution in [-0.4, -0.2) is 40.6 Å². The molecule has 5 nitrogen and oxygen atoms in total. The second kappa shape index (κ2) is 9.67. The van der Waals surface area contributed by atoms with Crippen LogP contribution in [0.5, 0.6) is 5.75 Å². The molecule has 0 radical (unpaired) electrons. The molecule has 6 heteroatoms. The van der Waals surface area contributed by atoms with Crippen molar-refractivity contribution in [2.75, 3.05) is 20.2 Å². The average molecular weight is 458 g/mol. The summed E-state index contributed by atoms with van der Waals surface area (Å²) < 4.78 is 21.7. The average Bonchev–Trinajstić information content (AvgIpc) is 3.26. The van der Waals surface area contributed by atoms with Crippen LogP contribution in [0.1, 0.15) is 30.9 Å². The molecular formula is C28H28FN3O2. The van der Waals surface area contributed by atoms with E-state index in [1.54, 1.807) is 19.2 Å². The monoisotopic (exact) mass is 457 g/mol. The smallest absolute Gasteiger partial charge is 0.222 e. The van der Waals surface area contributed by atoms with Crippen molar-refractivity contribution in [1.82, 2.24) is 14.5 Å². The number of fused-ring (bicyclic) bond motifs is 1. The van der Waals surface area contributed by atoms with Crippen LogP contribution in [0.15, 0.2) is 72.8 Å². The summed E-state index contributed by atoms with van der Waals surface area (Å²) in [5, 5.41) is 0. The molecule has 1 aliphatic heterocycles. The van der Waals surface area contributed by atoms with Crippen molar-refractivity contribution in [3.63, 3.8) is 0 Å². The number of aryl methyl sites for hydroxylation is 1. The third kappa shape index (κ3) is 4.40. The van der Waals surface area contributed by atoms with Crippen molar-refractivity contribution in [2.45, 2.75) is 31.7 Å². The molecule has 1 aliphatic rings. The summed E-state index contributed by atoms with van der Waals surface area (Å²) in [6.45, 7) is 1.36. The van der Waals surface area contributed by atoms with Crippen LogP contribution in [0.4, 0.5) is 4.39 Å². The zero-order valence-electron chi connectivity index (χ0n) is 19.3. The minimum absolute atomic E-state index is 0.153. The standard InChI is InChI=1S/C28H28FN3O2/c1-34-26-10-6-5-7-20(26)11-14-27(33)31-17-15-23(16-18-31)32-25-19-22(29)12-13-24(25)30-28(32)21-8-3-2-4-9-21/h2-10,12-13,19,23H,11,14-18H2,1H3. The molecule has 4 aromatic rings. The maximum Gasteiger partial charge on any atom is 0.222 e. The fraction of sp³-hybridized carbons (Fsp3) is 0.286. The van der Waals surface area contributed by atoms with Gasteiger partial charge < -0.3 is 14.2 Å². The van der Waals surface area contributed by atoms with E-state index in [-0.39, 0.29) is 17.8 Å². The number of para-hydroxylation sites is 1. The summed E-state index contributed by atoms with van der Waals surface area (Å²) >= 11 is 0. The van der Waals surface area contributed by atoms with Gasteiger partial charge in [0.15, 0.2) is 0 Å². The lowest BCUT2D eigenvalue weighted by atomic mass is 10.0. The Morgan fingerprint density at radius 1 is 1.03 bits per heavy atom. The van der Waals surface area contributed by atoms with Gasteiger partial charge in [-0.05, 0) is 49.1 Å². The number of benzene rings is 3. The number of aromatic nitrogens is 2. The van der Waals surface area contributed by atoms with Crippen LogP contribution in [0.2, 0.25) is 0 Å². The number of hydrogen-bond acceptors (Lipinski definition) is 3. The van der Waals surface area contributed by atoms with Gasteiger partial charge in [-0.3, -0.25) is 4.79 Å². The number of carbonyl (C=O) groups is 1. The van der Waals surface area contributed by atoms with Crippen molar-refractivity contribution < 1.29 is 13.9 Å². The van der Waals surface area contributed by atoms with Crippen LogP contribution < -0.4 is 4.74 Å². The van der Waals surface area contributed by atoms with E-state index >= 15 is 0 Å². The molecule has 0 atom stereocenters. The number of carbonyl (C=O) groups excluding carboxylic acids is 1. The Balaban J connectivity index is 1.32. The van der Waals surface area contributed by atoms with Crippen molar-refractivity contribution in [2.24, 2.45) is 0 Å². The molecule has 0 spiro atoms. The summed E-state index contributed by atoms with van der Waals surface area (Å²) in [5.41, 5.74) is 3.65. The number of halogens is 1. The van der Waals surface area contributed by atoms with Crippen LogP contribution in [0.3, 0.4) is 0 Å². The third-order valence-corrected chi connectivity index (χ3v) is 6.67. The molecule has 174 valence electrons. The van der Waals surface area contributed by atoms with E-state index in [0.717, 1.165) is 46.6 Å². The Morgan fingerprint density at radius 2 is 1.76 bits per heavy atom. The largest absolute Gasteiger partial charge is 0.496 e. The van der Waals surface area contributed by atoms with E-state index in [1.165, 1.54) is 6.07 Å². The lowest BCUT2D eigenvalue weighted by Crippen LogP contribution is -2.39. The number of ether oxygens (including phenoxy) is 1. The number of imidazole rings is 1. The minimum Gasteiger partial charge on any atom is -0.496 e. The lowest BCUT2D eigenvalue weighted by molar-refractivity contribution is -0.132. The van der Waals surface area contributed by atoms with Gasteiger partial charge >= 0.3 is 0 Å². The predicted molar refractivity (Wildman–Crippen MR) is 131 cm³/mol. The summed E-state index contributed by atoms with van der Waals surface area (Å²) in [5.74, 6) is 1.57. The topological polar surface area (TPSA) is 47.4 Å². The second-order valence-electron chi connectivity index (χ2n) is 8.73. The number of methoxy groups -OCH3 is 1. The number of hydrogen-bond donors (Lipinski definition) is 0. The first-order valence-corrected chi connectivity index (χ1v) is 11.8. The molecule has 0 unspecified atom stereocenters. The molecule has 3 aromatic carbocycles. The number of piperidine rings is 1. The SMILES string of the molecule is COc1ccccc1CCC(=O)N1CCC(n2c(-c3ccccc3)nc3ccc(F)cc32)CC1. The van der Waals surface area contributed by atoms with Gasteiger partial charge in [0.05, 0.1) is 18.1 Å². The van der Waals surface area contributed by atoms with Crippen LogP contribution in [0, 0.1) is 5.82 Å². The molecule has 0 bridgehead atoms. The number of nitrogens with zero attached hydrogens (tertiary/aromatic N) is 3. The Morgan fingerprint density at radius 3 is 2.53 bits per heavy atom. The van der Waals surface area contributed by atoms with E-state index in [0.29, 0.717) is 25.9 Å². The molecule has 1 aromatic heterocycles. The highest BCUT2D eigenvalue weighted by Gasteiger charge is 2.27. The molecule has 0 N–H and O–H groups in total. The van der Waals surface area contributed by atoms with Gasteiger partial charge in [-0.2, -0.15) is 0 Å². The minimum atomic E-state index is -0.266. The van der Waals surface area contributed by atoms with Crippen molar-refractivity contribution in [3.8, 4) is 17.1 Å². The van der Waals surface area contributed by atoms with E-state index < -0.39 is 0 Å². The second-order valence-corrected chi connectivity index (χ2v) is 8.73. The van der Waals surface area contributed by atoms with Crippen LogP contribution in [0.25, 0.3) is 22.4 Å². The molecule has 5 rings (SSSR count). The first-order chi connectivity index (χ1) is 16.6. The number of rotatable bonds is 6. The van der Waals surface area contributed by atoms with Gasteiger partial charge in [0, 0.05) is 31.1 Å². The quantitative estimate of drug-likeness (QED) is 0.376. The van der Waals surface area contributed by atoms with Gasteiger partial charge in [0.2, 0.25) is 5.91 Å². The molecule has 34 heavy (non-hydrogen) atoms. The zero-order chi connectivity index (χ0) is 23.5. The van der Waals surface area contributed by atoms with Gasteiger partial charge in [-0.1, -0.05) is 48.5 Å². The Bertz CT molecular complexity index is 1290. The van der Waals surface area contributed by atoms with Crippen LogP contribution >= 0.6 is 0 Å². The molecule has 0 aliphatic carbocycles. The predicted octanol–water partition coefficient (Wildman–Crippen LogP) is 5.65. The fourth-order valence-corrected chi connectivity index (χ4v) is 4.91. The normalized spacial score (nSPS) is 14.5. The Kier molecular flexibility index (Phi) is 6.30. The molecule has 0 saturated carbocycles. The van der Waals surface area contributed by atoms with E-state index in [1.807, 2.05) is 59.5 Å². The number of amides is 1. The highest BCUT2D eigenvalue weighted by atomic mass is 19.1. The first-order valence-electron chi connectivity index (χ1n) is 11.8. The summed E-state index contributed by atoms with van der Waals surface area (Å²) in [6.07, 6.45) is 2.73. The lowest BCUT2D eigenvalue weighted by Gasteiger charge is -2.34. The number of likely N-dealkylation sites (tertiary alicyclic amines) is 1. The van der Waals surface area contributed by atoms with Gasteiger partial charge in [-0.15, -0.1) is 0 Å². The van der Waals surface area contributed by atoms with Crippen molar-refractivity contribution >= 4 is 16.9 Å². The molecule has 1 saturated heterocycles. The zero-order valence-corrected chi connectivity index (χ0v) is 19.3. The van der Waals surface area contributed by atoms with Gasteiger partial charge in [-0.25, -0.2) is 9.37 Å². The highest BCUT2D eigenvalue weighted by molar-refractivity contribution is 5.81. The molecule has 1 amide bonds. The maximum absolute atomic E-state index is 14.1. The van der Waals surface area contributed by atoms with E-state index in [2.05, 4.69) is 4.57 Å². The first kappa shape index (κ1) is 22.1. The summed E-state index contributed by atoms with van der Waals surface area (Å²) in [6, 6.07) is 22.8. The van der Waals surface area contributed by atoms with E-state index in [9.17, 15) is 9.18 Å². The van der Waals surface area contributed by atoms with Crippen LogP contribution in [-0.2, 0) is 11.2 Å². The van der Waals surface area contributed by atoms with E-state index in [4.69, 9.17) is 9.72 Å². The Hall–Kier alpha value is -3.67. The molecular weight excluding hydrogens is 429 g/mol. The summed E-state index contributed by atoms with van der Waals surface area (Å²) in [7, 11) is 1.65. The van der Waals surface area contributed by atoms with Crippen molar-refractivity contribution in [1.29, 1.82) is 0 Å². The Labute approximate surface area is 198 Å².